The van der Waals surface area contributed by atoms with Gasteiger partial charge in [-0.3, -0.25) is 14.4 Å². The van der Waals surface area contributed by atoms with Crippen LogP contribution in [0.3, 0.4) is 0 Å². The average Bonchev–Trinajstić information content (AvgIpc) is 3.52. The molecule has 214 valence electrons. The van der Waals surface area contributed by atoms with E-state index in [-0.39, 0.29) is 36.2 Å². The van der Waals surface area contributed by atoms with E-state index in [1.807, 2.05) is 12.1 Å². The lowest BCUT2D eigenvalue weighted by atomic mass is 9.69. The van der Waals surface area contributed by atoms with Gasteiger partial charge in [-0.25, -0.2) is 4.99 Å². The monoisotopic (exact) mass is 538 g/mol. The highest BCUT2D eigenvalue weighted by Crippen LogP contribution is 2.49. The third-order valence-corrected chi connectivity index (χ3v) is 8.91. The normalized spacial score (nSPS) is 24.3. The number of unbranched alkanes of at least 4 members (excludes halogenated alkanes) is 1. The van der Waals surface area contributed by atoms with Gasteiger partial charge in [0.05, 0.1) is 12.5 Å². The minimum Gasteiger partial charge on any atom is -0.481 e. The quantitative estimate of drug-likeness (QED) is 0.439. The van der Waals surface area contributed by atoms with E-state index in [2.05, 4.69) is 42.8 Å². The number of carbonyl (C=O) groups excluding carboxylic acids is 2. The molecule has 1 saturated heterocycles. The minimum atomic E-state index is -0.944. The molecule has 3 aliphatic rings. The van der Waals surface area contributed by atoms with Crippen molar-refractivity contribution in [2.45, 2.75) is 104 Å². The zero-order valence-electron chi connectivity index (χ0n) is 24.2. The van der Waals surface area contributed by atoms with E-state index >= 15 is 0 Å². The number of aliphatic carboxylic acids is 1. The number of nitrogens with one attached hydrogen (secondary N) is 1. The first-order valence-electron chi connectivity index (χ1n) is 14.8. The maximum absolute atomic E-state index is 14.2. The first-order chi connectivity index (χ1) is 18.6. The number of nitrogens with zero attached hydrogens (tertiary/aromatic N) is 3. The summed E-state index contributed by atoms with van der Waals surface area (Å²) in [5, 5.41) is 11.5. The minimum absolute atomic E-state index is 0.0581. The van der Waals surface area contributed by atoms with Crippen LogP contribution in [0.1, 0.15) is 114 Å². The third kappa shape index (κ3) is 6.47. The third-order valence-electron chi connectivity index (χ3n) is 8.91. The highest BCUT2D eigenvalue weighted by molar-refractivity contribution is 6.39. The number of amides is 2. The molecule has 1 aromatic rings. The predicted octanol–water partition coefficient (Wildman–Crippen LogP) is 5.39. The Morgan fingerprint density at radius 1 is 1.13 bits per heavy atom. The number of hydrogen-bond acceptors (Lipinski definition) is 5. The second-order valence-corrected chi connectivity index (χ2v) is 12.6. The van der Waals surface area contributed by atoms with E-state index in [0.29, 0.717) is 17.3 Å². The lowest BCUT2D eigenvalue weighted by molar-refractivity contribution is -0.137. The lowest BCUT2D eigenvalue weighted by Gasteiger charge is -2.47. The molecule has 0 radical (unpaired) electrons. The van der Waals surface area contributed by atoms with E-state index in [1.165, 1.54) is 0 Å². The Kier molecular flexibility index (Phi) is 9.02. The molecule has 2 heterocycles. The first kappa shape index (κ1) is 29.1. The first-order valence-corrected chi connectivity index (χ1v) is 14.8. The van der Waals surface area contributed by atoms with Gasteiger partial charge in [-0.05, 0) is 74.0 Å². The molecule has 4 rings (SSSR count). The van der Waals surface area contributed by atoms with E-state index in [1.54, 1.807) is 12.1 Å². The van der Waals surface area contributed by atoms with Gasteiger partial charge in [-0.1, -0.05) is 52.7 Å². The van der Waals surface area contributed by atoms with Crippen molar-refractivity contribution in [3.05, 3.63) is 35.4 Å². The molecule has 2 N–H and O–H groups in total. The number of benzene rings is 1. The molecule has 2 fully saturated rings. The Bertz CT molecular complexity index is 1060. The fourth-order valence-corrected chi connectivity index (χ4v) is 6.54. The van der Waals surface area contributed by atoms with Gasteiger partial charge in [0, 0.05) is 25.2 Å². The van der Waals surface area contributed by atoms with Gasteiger partial charge in [0.2, 0.25) is 0 Å². The Balaban J connectivity index is 1.63. The molecule has 1 aliphatic carbocycles. The molecule has 2 amide bonds. The van der Waals surface area contributed by atoms with Crippen molar-refractivity contribution >= 4 is 23.6 Å². The van der Waals surface area contributed by atoms with Crippen LogP contribution in [-0.4, -0.2) is 63.8 Å². The van der Waals surface area contributed by atoms with Crippen LogP contribution in [0.4, 0.5) is 0 Å². The SMILES string of the molecule is CCCC[C@H](c1ccc(C(=O)NCCC(=O)O)cc1)N1C(=O)C(N2CCCC2)=NC12CCC(C(C)(C)C)CC2. The van der Waals surface area contributed by atoms with Gasteiger partial charge in [-0.2, -0.15) is 0 Å². The van der Waals surface area contributed by atoms with Crippen molar-refractivity contribution < 1.29 is 19.5 Å². The molecule has 1 spiro atoms. The highest BCUT2D eigenvalue weighted by atomic mass is 16.4. The Morgan fingerprint density at radius 2 is 1.77 bits per heavy atom. The van der Waals surface area contributed by atoms with Crippen LogP contribution in [0, 0.1) is 11.3 Å². The van der Waals surface area contributed by atoms with E-state index < -0.39 is 11.6 Å². The summed E-state index contributed by atoms with van der Waals surface area (Å²) < 4.78 is 0. The maximum atomic E-state index is 14.2. The Morgan fingerprint density at radius 3 is 2.33 bits per heavy atom. The number of rotatable bonds is 9. The summed E-state index contributed by atoms with van der Waals surface area (Å²) in [6.45, 7) is 11.0. The summed E-state index contributed by atoms with van der Waals surface area (Å²) in [6.07, 6.45) is 8.82. The molecular formula is C31H46N4O4. The fraction of sp³-hybridized carbons (Fsp3) is 0.677. The van der Waals surface area contributed by atoms with Gasteiger partial charge in [0.15, 0.2) is 5.84 Å². The van der Waals surface area contributed by atoms with Gasteiger partial charge < -0.3 is 20.2 Å². The molecule has 1 saturated carbocycles. The maximum Gasteiger partial charge on any atom is 0.305 e. The summed E-state index contributed by atoms with van der Waals surface area (Å²) in [5.74, 6) is 0.0851. The molecule has 2 aliphatic heterocycles. The molecule has 0 aromatic heterocycles. The van der Waals surface area contributed by atoms with Gasteiger partial charge in [0.1, 0.15) is 5.66 Å². The second-order valence-electron chi connectivity index (χ2n) is 12.6. The van der Waals surface area contributed by atoms with E-state index in [4.69, 9.17) is 10.1 Å². The number of carboxylic acids is 1. The molecule has 0 unspecified atom stereocenters. The van der Waals surface area contributed by atoms with E-state index in [9.17, 15) is 14.4 Å². The number of amidine groups is 1. The van der Waals surface area contributed by atoms with Crippen LogP contribution >= 0.6 is 0 Å². The molecule has 1 aromatic carbocycles. The lowest BCUT2D eigenvalue weighted by Crippen LogP contribution is -2.52. The summed E-state index contributed by atoms with van der Waals surface area (Å²) in [7, 11) is 0. The largest absolute Gasteiger partial charge is 0.481 e. The zero-order valence-corrected chi connectivity index (χ0v) is 24.2. The van der Waals surface area contributed by atoms with Crippen molar-refractivity contribution in [3.63, 3.8) is 0 Å². The van der Waals surface area contributed by atoms with Crippen molar-refractivity contribution in [1.82, 2.24) is 15.1 Å². The molecule has 1 atom stereocenters. The summed E-state index contributed by atoms with van der Waals surface area (Å²) in [6, 6.07) is 7.38. The molecule has 0 bridgehead atoms. The van der Waals surface area contributed by atoms with Crippen molar-refractivity contribution in [1.29, 1.82) is 0 Å². The van der Waals surface area contributed by atoms with Gasteiger partial charge in [-0.15, -0.1) is 0 Å². The molecular weight excluding hydrogens is 492 g/mol. The fourth-order valence-electron chi connectivity index (χ4n) is 6.54. The van der Waals surface area contributed by atoms with Gasteiger partial charge >= 0.3 is 5.97 Å². The summed E-state index contributed by atoms with van der Waals surface area (Å²) in [5.41, 5.74) is 1.23. The number of hydrogen-bond donors (Lipinski definition) is 2. The average molecular weight is 539 g/mol. The van der Waals surface area contributed by atoms with E-state index in [0.717, 1.165) is 76.4 Å². The molecule has 8 nitrogen and oxygen atoms in total. The van der Waals surface area contributed by atoms with Crippen LogP contribution in [0.5, 0.6) is 0 Å². The van der Waals surface area contributed by atoms with Crippen LogP contribution < -0.4 is 5.32 Å². The molecule has 39 heavy (non-hydrogen) atoms. The number of aliphatic imine (C=N–C) groups is 1. The number of carboxylic acid groups (broad SMARTS) is 1. The predicted molar refractivity (Wildman–Crippen MR) is 153 cm³/mol. The zero-order chi connectivity index (χ0) is 28.2. The van der Waals surface area contributed by atoms with Crippen LogP contribution in [0.15, 0.2) is 29.3 Å². The molecule has 8 heteroatoms. The topological polar surface area (TPSA) is 102 Å². The van der Waals surface area contributed by atoms with Crippen LogP contribution in [0.25, 0.3) is 0 Å². The Hall–Kier alpha value is -2.90. The number of carbonyl (C=O) groups is 3. The summed E-state index contributed by atoms with van der Waals surface area (Å²) >= 11 is 0. The van der Waals surface area contributed by atoms with Crippen LogP contribution in [0.2, 0.25) is 0 Å². The summed E-state index contributed by atoms with van der Waals surface area (Å²) in [4.78, 5) is 47.1. The highest BCUT2D eigenvalue weighted by Gasteiger charge is 2.53. The van der Waals surface area contributed by atoms with Gasteiger partial charge in [0.25, 0.3) is 11.8 Å². The number of likely N-dealkylation sites (tertiary alicyclic amines) is 1. The standard InChI is InChI=1S/C31H46N4O4/c1-5-6-9-25(22-10-12-23(13-11-22)28(38)32-19-16-26(36)37)35-29(39)27(34-20-7-8-21-34)33-31(35)17-14-24(15-18-31)30(2,3)4/h10-13,24-25H,5-9,14-21H2,1-4H3,(H,32,38)(H,36,37)/t24?,25-,31?/m1/s1. The van der Waals surface area contributed by atoms with Crippen molar-refractivity contribution in [2.24, 2.45) is 16.3 Å². The Labute approximate surface area is 233 Å². The van der Waals surface area contributed by atoms with Crippen molar-refractivity contribution in [3.8, 4) is 0 Å². The van der Waals surface area contributed by atoms with Crippen molar-refractivity contribution in [2.75, 3.05) is 19.6 Å². The smallest absolute Gasteiger partial charge is 0.305 e. The van der Waals surface area contributed by atoms with Crippen LogP contribution in [-0.2, 0) is 9.59 Å². The second kappa shape index (κ2) is 12.1.